The van der Waals surface area contributed by atoms with E-state index in [0.29, 0.717) is 11.5 Å². The van der Waals surface area contributed by atoms with Crippen LogP contribution in [0, 0.1) is 0 Å². The molecule has 0 saturated carbocycles. The van der Waals surface area contributed by atoms with Crippen LogP contribution in [-0.4, -0.2) is 20.2 Å². The third-order valence-corrected chi connectivity index (χ3v) is 2.41. The lowest BCUT2D eigenvalue weighted by atomic mass is 10.1. The second-order valence-corrected chi connectivity index (χ2v) is 3.44. The quantitative estimate of drug-likeness (QED) is 0.640. The maximum atomic E-state index is 5.72. The lowest BCUT2D eigenvalue weighted by Gasteiger charge is -1.99. The molecular formula is C11H9N5. The SMILES string of the molecule is Nc1n[nH]c2ncc(-c3ccccn3)cc12. The third kappa shape index (κ3) is 1.30. The van der Waals surface area contributed by atoms with Crippen molar-refractivity contribution in [1.29, 1.82) is 0 Å². The van der Waals surface area contributed by atoms with Gasteiger partial charge in [0.15, 0.2) is 11.5 Å². The maximum Gasteiger partial charge on any atom is 0.157 e. The Morgan fingerprint density at radius 3 is 2.94 bits per heavy atom. The van der Waals surface area contributed by atoms with Crippen LogP contribution in [0.2, 0.25) is 0 Å². The summed E-state index contributed by atoms with van der Waals surface area (Å²) in [5, 5.41) is 7.48. The lowest BCUT2D eigenvalue weighted by Crippen LogP contribution is -1.86. The van der Waals surface area contributed by atoms with Crippen LogP contribution in [0.25, 0.3) is 22.3 Å². The van der Waals surface area contributed by atoms with Gasteiger partial charge in [0.2, 0.25) is 0 Å². The molecule has 78 valence electrons. The molecule has 3 heterocycles. The molecule has 5 nitrogen and oxygen atoms in total. The molecule has 0 bridgehead atoms. The minimum atomic E-state index is 0.459. The Labute approximate surface area is 91.3 Å². The van der Waals surface area contributed by atoms with Crippen molar-refractivity contribution >= 4 is 16.9 Å². The fourth-order valence-electron chi connectivity index (χ4n) is 1.60. The van der Waals surface area contributed by atoms with Gasteiger partial charge in [-0.15, -0.1) is 0 Å². The molecule has 0 saturated heterocycles. The topological polar surface area (TPSA) is 80.5 Å². The lowest BCUT2D eigenvalue weighted by molar-refractivity contribution is 1.10. The van der Waals surface area contributed by atoms with E-state index in [9.17, 15) is 0 Å². The number of nitrogens with two attached hydrogens (primary N) is 1. The van der Waals surface area contributed by atoms with Gasteiger partial charge in [-0.25, -0.2) is 4.98 Å². The number of nitrogens with zero attached hydrogens (tertiary/aromatic N) is 3. The number of hydrogen-bond donors (Lipinski definition) is 2. The molecular weight excluding hydrogens is 202 g/mol. The van der Waals surface area contributed by atoms with Crippen LogP contribution in [0.15, 0.2) is 36.7 Å². The highest BCUT2D eigenvalue weighted by atomic mass is 15.2. The molecule has 0 aliphatic carbocycles. The number of nitrogens with one attached hydrogen (secondary N) is 1. The predicted octanol–water partition coefficient (Wildman–Crippen LogP) is 1.60. The molecule has 3 aromatic heterocycles. The average molecular weight is 211 g/mol. The van der Waals surface area contributed by atoms with E-state index in [0.717, 1.165) is 16.6 Å². The van der Waals surface area contributed by atoms with Crippen molar-refractivity contribution in [2.75, 3.05) is 5.73 Å². The Kier molecular flexibility index (Phi) is 1.83. The van der Waals surface area contributed by atoms with Crippen LogP contribution in [0.4, 0.5) is 5.82 Å². The number of hydrogen-bond acceptors (Lipinski definition) is 4. The van der Waals surface area contributed by atoms with Crippen LogP contribution < -0.4 is 5.73 Å². The summed E-state index contributed by atoms with van der Waals surface area (Å²) in [7, 11) is 0. The van der Waals surface area contributed by atoms with E-state index in [1.54, 1.807) is 12.4 Å². The van der Waals surface area contributed by atoms with Crippen molar-refractivity contribution in [1.82, 2.24) is 20.2 Å². The highest BCUT2D eigenvalue weighted by molar-refractivity contribution is 5.88. The van der Waals surface area contributed by atoms with Crippen LogP contribution in [0.3, 0.4) is 0 Å². The molecule has 0 unspecified atom stereocenters. The maximum absolute atomic E-state index is 5.72. The number of H-pyrrole nitrogens is 1. The Hall–Kier alpha value is -2.43. The highest BCUT2D eigenvalue weighted by Crippen LogP contribution is 2.22. The number of aromatic nitrogens is 4. The van der Waals surface area contributed by atoms with Gasteiger partial charge in [0, 0.05) is 18.0 Å². The summed E-state index contributed by atoms with van der Waals surface area (Å²) in [6.07, 6.45) is 3.50. The monoisotopic (exact) mass is 211 g/mol. The second kappa shape index (κ2) is 3.30. The molecule has 3 N–H and O–H groups in total. The van der Waals surface area contributed by atoms with Crippen LogP contribution in [-0.2, 0) is 0 Å². The van der Waals surface area contributed by atoms with Crippen molar-refractivity contribution in [3.63, 3.8) is 0 Å². The first-order valence-corrected chi connectivity index (χ1v) is 4.85. The number of anilines is 1. The van der Waals surface area contributed by atoms with Gasteiger partial charge in [-0.05, 0) is 18.2 Å². The number of pyridine rings is 2. The first kappa shape index (κ1) is 8.84. The van der Waals surface area contributed by atoms with Gasteiger partial charge in [-0.3, -0.25) is 10.1 Å². The van der Waals surface area contributed by atoms with E-state index in [-0.39, 0.29) is 0 Å². The smallest absolute Gasteiger partial charge is 0.157 e. The molecule has 0 aromatic carbocycles. The number of rotatable bonds is 1. The van der Waals surface area contributed by atoms with E-state index in [1.807, 2.05) is 24.3 Å². The standard InChI is InChI=1S/C11H9N5/c12-10-8-5-7(6-14-11(8)16-15-10)9-3-1-2-4-13-9/h1-6H,(H3,12,14,15,16). The van der Waals surface area contributed by atoms with Gasteiger partial charge in [0.1, 0.15) is 0 Å². The largest absolute Gasteiger partial charge is 0.382 e. The highest BCUT2D eigenvalue weighted by Gasteiger charge is 2.06. The molecule has 16 heavy (non-hydrogen) atoms. The van der Waals surface area contributed by atoms with Crippen LogP contribution >= 0.6 is 0 Å². The summed E-state index contributed by atoms with van der Waals surface area (Å²) >= 11 is 0. The minimum Gasteiger partial charge on any atom is -0.382 e. The van der Waals surface area contributed by atoms with Crippen LogP contribution in [0.1, 0.15) is 0 Å². The number of nitrogen functional groups attached to an aromatic ring is 1. The van der Waals surface area contributed by atoms with Gasteiger partial charge in [-0.1, -0.05) is 6.07 Å². The molecule has 3 aromatic rings. The van der Waals surface area contributed by atoms with E-state index in [1.165, 1.54) is 0 Å². The Morgan fingerprint density at radius 1 is 1.19 bits per heavy atom. The first-order chi connectivity index (χ1) is 7.84. The Bertz CT molecular complexity index is 629. The van der Waals surface area contributed by atoms with Gasteiger partial charge in [0.05, 0.1) is 11.1 Å². The molecule has 0 aliphatic heterocycles. The number of aromatic amines is 1. The summed E-state index contributed by atoms with van der Waals surface area (Å²) < 4.78 is 0. The van der Waals surface area contributed by atoms with Gasteiger partial charge < -0.3 is 5.73 Å². The van der Waals surface area contributed by atoms with E-state index in [4.69, 9.17) is 5.73 Å². The van der Waals surface area contributed by atoms with Crippen molar-refractivity contribution in [3.05, 3.63) is 36.7 Å². The molecule has 0 radical (unpaired) electrons. The minimum absolute atomic E-state index is 0.459. The molecule has 0 atom stereocenters. The zero-order valence-electron chi connectivity index (χ0n) is 8.38. The predicted molar refractivity (Wildman–Crippen MR) is 61.5 cm³/mol. The second-order valence-electron chi connectivity index (χ2n) is 3.44. The van der Waals surface area contributed by atoms with Crippen molar-refractivity contribution in [2.45, 2.75) is 0 Å². The van der Waals surface area contributed by atoms with Gasteiger partial charge in [0.25, 0.3) is 0 Å². The molecule has 0 spiro atoms. The van der Waals surface area contributed by atoms with Crippen molar-refractivity contribution < 1.29 is 0 Å². The summed E-state index contributed by atoms with van der Waals surface area (Å²) in [6.45, 7) is 0. The van der Waals surface area contributed by atoms with Crippen molar-refractivity contribution in [2.24, 2.45) is 0 Å². The summed E-state index contributed by atoms with van der Waals surface area (Å²) in [5.41, 5.74) is 8.22. The summed E-state index contributed by atoms with van der Waals surface area (Å²) in [6, 6.07) is 7.68. The summed E-state index contributed by atoms with van der Waals surface area (Å²) in [4.78, 5) is 8.50. The Morgan fingerprint density at radius 2 is 2.12 bits per heavy atom. The molecule has 5 heteroatoms. The normalized spacial score (nSPS) is 10.8. The zero-order chi connectivity index (χ0) is 11.0. The molecule has 3 rings (SSSR count). The fourth-order valence-corrected chi connectivity index (χ4v) is 1.60. The first-order valence-electron chi connectivity index (χ1n) is 4.85. The van der Waals surface area contributed by atoms with E-state index >= 15 is 0 Å². The molecule has 0 aliphatic rings. The van der Waals surface area contributed by atoms with Gasteiger partial charge in [-0.2, -0.15) is 5.10 Å². The fraction of sp³-hybridized carbons (Fsp3) is 0. The van der Waals surface area contributed by atoms with Gasteiger partial charge >= 0.3 is 0 Å². The van der Waals surface area contributed by atoms with Crippen LogP contribution in [0.5, 0.6) is 0 Å². The molecule has 0 fully saturated rings. The van der Waals surface area contributed by atoms with Crippen molar-refractivity contribution in [3.8, 4) is 11.3 Å². The average Bonchev–Trinajstić information content (AvgIpc) is 2.72. The summed E-state index contributed by atoms with van der Waals surface area (Å²) in [5.74, 6) is 0.459. The third-order valence-electron chi connectivity index (χ3n) is 2.41. The Balaban J connectivity index is 2.22. The zero-order valence-corrected chi connectivity index (χ0v) is 8.38. The van der Waals surface area contributed by atoms with E-state index < -0.39 is 0 Å². The van der Waals surface area contributed by atoms with E-state index in [2.05, 4.69) is 20.2 Å². The number of fused-ring (bicyclic) bond motifs is 1. The molecule has 0 amide bonds.